The van der Waals surface area contributed by atoms with Gasteiger partial charge in [0.05, 0.1) is 35.7 Å². The minimum absolute atomic E-state index is 0.227. The van der Waals surface area contributed by atoms with Crippen molar-refractivity contribution in [2.24, 2.45) is 5.73 Å². The summed E-state index contributed by atoms with van der Waals surface area (Å²) in [5, 5.41) is 6.51. The van der Waals surface area contributed by atoms with E-state index in [1.165, 1.54) is 0 Å². The lowest BCUT2D eigenvalue weighted by Gasteiger charge is -2.23. The molecule has 0 radical (unpaired) electrons. The predicted octanol–water partition coefficient (Wildman–Crippen LogP) is 5.32. The van der Waals surface area contributed by atoms with Crippen LogP contribution in [0.4, 0.5) is 11.4 Å². The van der Waals surface area contributed by atoms with Crippen LogP contribution in [0.25, 0.3) is 5.70 Å². The Balaban J connectivity index is 1.79. The zero-order valence-corrected chi connectivity index (χ0v) is 21.9. The molecule has 38 heavy (non-hydrogen) atoms. The fraction of sp³-hybridized carbons (Fsp3) is 0.233. The molecule has 0 saturated heterocycles. The van der Waals surface area contributed by atoms with Gasteiger partial charge in [0, 0.05) is 22.4 Å². The summed E-state index contributed by atoms with van der Waals surface area (Å²) in [5.41, 5.74) is 9.99. The fourth-order valence-corrected chi connectivity index (χ4v) is 4.28. The highest BCUT2D eigenvalue weighted by molar-refractivity contribution is 6.23. The topological polar surface area (TPSA) is 120 Å². The van der Waals surface area contributed by atoms with Gasteiger partial charge >= 0.3 is 11.9 Å². The molecule has 196 valence electrons. The summed E-state index contributed by atoms with van der Waals surface area (Å²) < 4.78 is 10.4. The first-order chi connectivity index (χ1) is 18.1. The third-order valence-corrected chi connectivity index (χ3v) is 6.05. The summed E-state index contributed by atoms with van der Waals surface area (Å²) >= 11 is 0. The van der Waals surface area contributed by atoms with Crippen LogP contribution in [-0.2, 0) is 15.0 Å². The van der Waals surface area contributed by atoms with Crippen LogP contribution in [0, 0.1) is 0 Å². The van der Waals surface area contributed by atoms with Gasteiger partial charge in [-0.1, -0.05) is 36.4 Å². The molecular weight excluding hydrogens is 482 g/mol. The molecule has 1 aliphatic rings. The molecule has 0 amide bonds. The number of nitrogens with one attached hydrogen (secondary N) is 2. The molecule has 3 aromatic rings. The summed E-state index contributed by atoms with van der Waals surface area (Å²) in [6, 6.07) is 19.4. The molecule has 3 aromatic carbocycles. The average Bonchev–Trinajstić information content (AvgIpc) is 3.22. The molecule has 0 saturated carbocycles. The highest BCUT2D eigenvalue weighted by atomic mass is 16.5. The zero-order valence-electron chi connectivity index (χ0n) is 21.9. The van der Waals surface area contributed by atoms with Crippen molar-refractivity contribution in [1.29, 1.82) is 0 Å². The second kappa shape index (κ2) is 10.9. The van der Waals surface area contributed by atoms with E-state index in [4.69, 9.17) is 15.2 Å². The maximum atomic E-state index is 13.5. The molecule has 0 atom stereocenters. The smallest absolute Gasteiger partial charge is 0.338 e. The molecular formula is C30H31N3O5. The predicted molar refractivity (Wildman–Crippen MR) is 147 cm³/mol. The molecule has 0 bridgehead atoms. The van der Waals surface area contributed by atoms with Crippen molar-refractivity contribution in [3.05, 3.63) is 100 Å². The van der Waals surface area contributed by atoms with Crippen LogP contribution in [0.2, 0.25) is 0 Å². The minimum atomic E-state index is -0.775. The number of anilines is 2. The number of ketones is 1. The molecule has 4 N–H and O–H groups in total. The first-order valence-electron chi connectivity index (χ1n) is 12.4. The maximum Gasteiger partial charge on any atom is 0.338 e. The molecule has 4 rings (SSSR count). The van der Waals surface area contributed by atoms with Gasteiger partial charge in [0.1, 0.15) is 5.70 Å². The third kappa shape index (κ3) is 5.45. The van der Waals surface area contributed by atoms with Crippen LogP contribution in [0.1, 0.15) is 69.9 Å². The highest BCUT2D eigenvalue weighted by Crippen LogP contribution is 2.35. The number of Topliss-reactive ketones (excluding diaryl/α,β-unsaturated/α-hetero) is 1. The molecule has 8 heteroatoms. The van der Waals surface area contributed by atoms with E-state index < -0.39 is 17.5 Å². The van der Waals surface area contributed by atoms with E-state index in [9.17, 15) is 14.4 Å². The number of benzene rings is 3. The van der Waals surface area contributed by atoms with Gasteiger partial charge < -0.3 is 25.8 Å². The summed E-state index contributed by atoms with van der Waals surface area (Å²) in [5.74, 6) is -1.17. The Labute approximate surface area is 221 Å². The minimum Gasteiger partial charge on any atom is -0.462 e. The molecule has 0 aliphatic carbocycles. The number of fused-ring (bicyclic) bond motifs is 1. The largest absolute Gasteiger partial charge is 0.462 e. The molecule has 0 aromatic heterocycles. The lowest BCUT2D eigenvalue weighted by molar-refractivity contribution is 0.0515. The van der Waals surface area contributed by atoms with Crippen molar-refractivity contribution in [3.8, 4) is 0 Å². The van der Waals surface area contributed by atoms with Crippen molar-refractivity contribution in [2.45, 2.75) is 33.2 Å². The Hall–Kier alpha value is -4.43. The second-order valence-corrected chi connectivity index (χ2v) is 9.38. The molecule has 8 nitrogen and oxygen atoms in total. The van der Waals surface area contributed by atoms with E-state index in [1.807, 2.05) is 50.2 Å². The van der Waals surface area contributed by atoms with E-state index in [-0.39, 0.29) is 19.0 Å². The van der Waals surface area contributed by atoms with Crippen molar-refractivity contribution in [2.75, 3.05) is 23.8 Å². The Morgan fingerprint density at radius 3 is 2.24 bits per heavy atom. The Morgan fingerprint density at radius 2 is 1.58 bits per heavy atom. The Morgan fingerprint density at radius 1 is 0.895 bits per heavy atom. The van der Waals surface area contributed by atoms with Crippen LogP contribution in [0.5, 0.6) is 0 Å². The third-order valence-electron chi connectivity index (χ3n) is 6.05. The highest BCUT2D eigenvalue weighted by Gasteiger charge is 2.30. The van der Waals surface area contributed by atoms with Crippen LogP contribution >= 0.6 is 0 Å². The number of nitrogens with two attached hydrogens (primary N) is 1. The van der Waals surface area contributed by atoms with Gasteiger partial charge in [0.25, 0.3) is 0 Å². The molecule has 0 fully saturated rings. The number of carbonyl (C=O) groups is 3. The average molecular weight is 514 g/mol. The van der Waals surface area contributed by atoms with Gasteiger partial charge in [-0.15, -0.1) is 0 Å². The van der Waals surface area contributed by atoms with Gasteiger partial charge in [-0.3, -0.25) is 4.79 Å². The fourth-order valence-electron chi connectivity index (χ4n) is 4.28. The number of hydrogen-bond acceptors (Lipinski definition) is 8. The van der Waals surface area contributed by atoms with Gasteiger partial charge in [0.15, 0.2) is 0 Å². The summed E-state index contributed by atoms with van der Waals surface area (Å²) in [6.07, 6.45) is 0. The molecule has 0 spiro atoms. The quantitative estimate of drug-likeness (QED) is 0.273. The number of carbonyl (C=O) groups excluding carboxylic acids is 3. The SMILES string of the molecule is CCOC(=O)c1ccc2c(c1)NC(=C(Nc1ccc(C(C)(C)N)c(C(=O)OCC)c1)c1ccccc1)C2=O. The number of allylic oxidation sites excluding steroid dienone is 1. The first kappa shape index (κ1) is 26.6. The van der Waals surface area contributed by atoms with Crippen molar-refractivity contribution in [3.63, 3.8) is 0 Å². The van der Waals surface area contributed by atoms with Gasteiger partial charge in [-0.25, -0.2) is 9.59 Å². The van der Waals surface area contributed by atoms with Crippen LogP contribution < -0.4 is 16.4 Å². The zero-order chi connectivity index (χ0) is 27.4. The normalized spacial score (nSPS) is 13.9. The van der Waals surface area contributed by atoms with Gasteiger partial charge in [-0.05, 0) is 63.6 Å². The number of hydrogen-bond donors (Lipinski definition) is 3. The van der Waals surface area contributed by atoms with E-state index in [0.717, 1.165) is 5.56 Å². The van der Waals surface area contributed by atoms with Crippen LogP contribution in [-0.4, -0.2) is 30.9 Å². The molecule has 1 aliphatic heterocycles. The lowest BCUT2D eigenvalue weighted by atomic mass is 9.90. The maximum absolute atomic E-state index is 13.5. The van der Waals surface area contributed by atoms with E-state index >= 15 is 0 Å². The van der Waals surface area contributed by atoms with Gasteiger partial charge in [-0.2, -0.15) is 0 Å². The van der Waals surface area contributed by atoms with Crippen LogP contribution in [0.3, 0.4) is 0 Å². The lowest BCUT2D eigenvalue weighted by Crippen LogP contribution is -2.31. The van der Waals surface area contributed by atoms with Crippen molar-refractivity contribution in [1.82, 2.24) is 0 Å². The number of rotatable bonds is 8. The first-order valence-corrected chi connectivity index (χ1v) is 12.4. The molecule has 1 heterocycles. The Kier molecular flexibility index (Phi) is 7.64. The number of ether oxygens (including phenoxy) is 2. The van der Waals surface area contributed by atoms with E-state index in [0.29, 0.717) is 45.0 Å². The van der Waals surface area contributed by atoms with E-state index in [1.54, 1.807) is 44.2 Å². The summed E-state index contributed by atoms with van der Waals surface area (Å²) in [7, 11) is 0. The molecule has 0 unspecified atom stereocenters. The summed E-state index contributed by atoms with van der Waals surface area (Å²) in [4.78, 5) is 38.5. The van der Waals surface area contributed by atoms with Crippen LogP contribution in [0.15, 0.2) is 72.4 Å². The van der Waals surface area contributed by atoms with E-state index in [2.05, 4.69) is 10.6 Å². The monoisotopic (exact) mass is 513 g/mol. The standard InChI is InChI=1S/C30H31N3O5/c1-5-37-28(35)19-12-14-21-24(16-19)33-26(27(21)34)25(18-10-8-7-9-11-18)32-20-13-15-23(30(3,4)31)22(17-20)29(36)38-6-2/h7-17,32-33H,5-6,31H2,1-4H3. The van der Waals surface area contributed by atoms with Crippen molar-refractivity contribution >= 4 is 34.8 Å². The second-order valence-electron chi connectivity index (χ2n) is 9.38. The van der Waals surface area contributed by atoms with Gasteiger partial charge in [0.2, 0.25) is 5.78 Å². The Bertz CT molecular complexity index is 1420. The number of esters is 2. The summed E-state index contributed by atoms with van der Waals surface area (Å²) in [6.45, 7) is 7.60. The van der Waals surface area contributed by atoms with Crippen molar-refractivity contribution < 1.29 is 23.9 Å².